The molecule has 0 aliphatic carbocycles. The van der Waals surface area contributed by atoms with Gasteiger partial charge in [-0.1, -0.05) is 0 Å². The Hall–Kier alpha value is -0.420. The van der Waals surface area contributed by atoms with Gasteiger partial charge < -0.3 is 4.74 Å². The summed E-state index contributed by atoms with van der Waals surface area (Å²) in [5.41, 5.74) is 0. The predicted octanol–water partition coefficient (Wildman–Crippen LogP) is 1.34. The molecule has 0 aromatic rings. The molecule has 1 heterocycles. The summed E-state index contributed by atoms with van der Waals surface area (Å²) in [6.45, 7) is 3.70. The monoisotopic (exact) mass is 248 g/mol. The molecule has 16 heavy (non-hydrogen) atoms. The first-order valence-electron chi connectivity index (χ1n) is 5.59. The highest BCUT2D eigenvalue weighted by molar-refractivity contribution is 7.92. The van der Waals surface area contributed by atoms with E-state index in [4.69, 9.17) is 4.74 Å². The second-order valence-corrected chi connectivity index (χ2v) is 7.44. The van der Waals surface area contributed by atoms with Gasteiger partial charge in [-0.25, -0.2) is 8.42 Å². The molecule has 1 atom stereocenters. The smallest absolute Gasteiger partial charge is 0.159 e. The summed E-state index contributed by atoms with van der Waals surface area (Å²) in [6, 6.07) is 0. The summed E-state index contributed by atoms with van der Waals surface area (Å²) in [5.74, 6) is -0.217. The third-order valence-corrected chi connectivity index (χ3v) is 5.40. The lowest BCUT2D eigenvalue weighted by Gasteiger charge is -2.21. The number of sulfone groups is 1. The summed E-state index contributed by atoms with van der Waals surface area (Å²) < 4.78 is 27.0. The minimum atomic E-state index is -3.34. The van der Waals surface area contributed by atoms with Crippen LogP contribution < -0.4 is 0 Å². The van der Waals surface area contributed by atoms with E-state index in [1.54, 1.807) is 0 Å². The highest BCUT2D eigenvalue weighted by Gasteiger charge is 2.37. The molecule has 0 saturated carbocycles. The topological polar surface area (TPSA) is 60.4 Å². The number of carbonyl (C=O) groups is 1. The molecule has 94 valence electrons. The lowest BCUT2D eigenvalue weighted by molar-refractivity contribution is -0.121. The van der Waals surface area contributed by atoms with Crippen LogP contribution in [0.1, 0.15) is 39.5 Å². The molecule has 0 amide bonds. The van der Waals surface area contributed by atoms with Crippen molar-refractivity contribution >= 4 is 15.6 Å². The Bertz CT molecular complexity index is 350. The Kier molecular flexibility index (Phi) is 4.12. The molecule has 0 aromatic carbocycles. The number of ether oxygens (including phenoxy) is 1. The fraction of sp³-hybridized carbons (Fsp3) is 0.909. The van der Waals surface area contributed by atoms with Crippen LogP contribution in [0.15, 0.2) is 0 Å². The lowest BCUT2D eigenvalue weighted by Crippen LogP contribution is -2.40. The third kappa shape index (κ3) is 3.04. The van der Waals surface area contributed by atoms with Crippen molar-refractivity contribution in [2.45, 2.75) is 50.4 Å². The van der Waals surface area contributed by atoms with Gasteiger partial charge in [0.1, 0.15) is 4.75 Å². The largest absolute Gasteiger partial charge is 0.378 e. The van der Waals surface area contributed by atoms with Gasteiger partial charge in [0.05, 0.1) is 6.10 Å². The third-order valence-electron chi connectivity index (χ3n) is 3.32. The zero-order valence-electron chi connectivity index (χ0n) is 10.2. The normalized spacial score (nSPS) is 22.3. The van der Waals surface area contributed by atoms with Crippen molar-refractivity contribution in [2.75, 3.05) is 12.9 Å². The fourth-order valence-corrected chi connectivity index (χ4v) is 2.19. The molecule has 0 aromatic heterocycles. The number of rotatable bonds is 5. The summed E-state index contributed by atoms with van der Waals surface area (Å²) in [5, 5.41) is 0. The van der Waals surface area contributed by atoms with E-state index in [1.807, 2.05) is 0 Å². The van der Waals surface area contributed by atoms with Crippen LogP contribution in [0.25, 0.3) is 0 Å². The van der Waals surface area contributed by atoms with E-state index in [1.165, 1.54) is 13.8 Å². The van der Waals surface area contributed by atoms with Gasteiger partial charge in [-0.3, -0.25) is 4.79 Å². The van der Waals surface area contributed by atoms with E-state index in [-0.39, 0.29) is 18.3 Å². The van der Waals surface area contributed by atoms with Crippen LogP contribution in [0.5, 0.6) is 0 Å². The number of carbonyl (C=O) groups excluding carboxylic acids is 1. The van der Waals surface area contributed by atoms with E-state index >= 15 is 0 Å². The Morgan fingerprint density at radius 3 is 2.50 bits per heavy atom. The van der Waals surface area contributed by atoms with Crippen molar-refractivity contribution < 1.29 is 17.9 Å². The number of hydrogen-bond acceptors (Lipinski definition) is 4. The van der Waals surface area contributed by atoms with Crippen molar-refractivity contribution in [1.29, 1.82) is 0 Å². The predicted molar refractivity (Wildman–Crippen MR) is 62.1 cm³/mol. The zero-order chi connectivity index (χ0) is 12.4. The Labute approximate surface area is 97.3 Å². The molecule has 1 fully saturated rings. The molecular weight excluding hydrogens is 228 g/mol. The van der Waals surface area contributed by atoms with Gasteiger partial charge in [0.2, 0.25) is 0 Å². The molecule has 5 heteroatoms. The van der Waals surface area contributed by atoms with Gasteiger partial charge in [0.25, 0.3) is 0 Å². The first-order chi connectivity index (χ1) is 7.25. The van der Waals surface area contributed by atoms with Gasteiger partial charge in [-0.2, -0.15) is 0 Å². The second kappa shape index (κ2) is 4.84. The van der Waals surface area contributed by atoms with Crippen LogP contribution >= 0.6 is 0 Å². The first kappa shape index (κ1) is 13.6. The fourth-order valence-electron chi connectivity index (χ4n) is 1.67. The van der Waals surface area contributed by atoms with Crippen molar-refractivity contribution in [3.8, 4) is 0 Å². The second-order valence-electron chi connectivity index (χ2n) is 4.88. The Morgan fingerprint density at radius 1 is 1.44 bits per heavy atom. The van der Waals surface area contributed by atoms with Gasteiger partial charge in [0, 0.05) is 19.3 Å². The molecular formula is C11H20O4S. The number of ketones is 1. The van der Waals surface area contributed by atoms with Crippen LogP contribution in [-0.2, 0) is 19.4 Å². The van der Waals surface area contributed by atoms with Gasteiger partial charge in [-0.15, -0.1) is 0 Å². The van der Waals surface area contributed by atoms with Crippen LogP contribution in [0, 0.1) is 0 Å². The summed E-state index contributed by atoms with van der Waals surface area (Å²) >= 11 is 0. The van der Waals surface area contributed by atoms with E-state index in [0.29, 0.717) is 6.42 Å². The molecule has 1 aliphatic heterocycles. The Morgan fingerprint density at radius 2 is 2.06 bits per heavy atom. The highest BCUT2D eigenvalue weighted by Crippen LogP contribution is 2.22. The quantitative estimate of drug-likeness (QED) is 0.736. The number of hydrogen-bond donors (Lipinski definition) is 0. The molecule has 1 rings (SSSR count). The lowest BCUT2D eigenvalue weighted by atomic mass is 10.0. The molecule has 0 spiro atoms. The molecule has 0 bridgehead atoms. The van der Waals surface area contributed by atoms with Crippen LogP contribution in [0.2, 0.25) is 0 Å². The molecule has 4 nitrogen and oxygen atoms in total. The molecule has 1 saturated heterocycles. The minimum absolute atomic E-state index is 0.138. The molecule has 0 N–H and O–H groups in total. The summed E-state index contributed by atoms with van der Waals surface area (Å²) in [4.78, 5) is 11.8. The maximum absolute atomic E-state index is 11.8. The maximum Gasteiger partial charge on any atom is 0.159 e. The zero-order valence-corrected chi connectivity index (χ0v) is 11.0. The molecule has 1 aliphatic rings. The van der Waals surface area contributed by atoms with Crippen molar-refractivity contribution in [3.05, 3.63) is 0 Å². The first-order valence-corrected chi connectivity index (χ1v) is 7.49. The summed E-state index contributed by atoms with van der Waals surface area (Å²) in [7, 11) is -3.34. The van der Waals surface area contributed by atoms with Gasteiger partial charge in [0.15, 0.2) is 15.6 Å². The van der Waals surface area contributed by atoms with Crippen molar-refractivity contribution in [2.24, 2.45) is 0 Å². The van der Waals surface area contributed by atoms with E-state index in [2.05, 4.69) is 0 Å². The van der Waals surface area contributed by atoms with Crippen LogP contribution in [0.4, 0.5) is 0 Å². The van der Waals surface area contributed by atoms with Crippen LogP contribution in [-0.4, -0.2) is 37.9 Å². The van der Waals surface area contributed by atoms with E-state index in [0.717, 1.165) is 25.7 Å². The maximum atomic E-state index is 11.8. The van der Waals surface area contributed by atoms with Gasteiger partial charge in [-0.05, 0) is 33.1 Å². The minimum Gasteiger partial charge on any atom is -0.378 e. The van der Waals surface area contributed by atoms with E-state index in [9.17, 15) is 13.2 Å². The molecule has 1 unspecified atom stereocenters. The molecule has 0 radical (unpaired) electrons. The average molecular weight is 248 g/mol. The standard InChI is InChI=1S/C11H20O4S/c1-11(2,16(3,13)14)10(12)7-6-9-5-4-8-15-9/h9H,4-8H2,1-3H3. The Balaban J connectivity index is 2.51. The van der Waals surface area contributed by atoms with Crippen molar-refractivity contribution in [3.63, 3.8) is 0 Å². The SMILES string of the molecule is CC(C)(C(=O)CCC1CCCO1)S(C)(=O)=O. The highest BCUT2D eigenvalue weighted by atomic mass is 32.2. The van der Waals surface area contributed by atoms with Crippen molar-refractivity contribution in [1.82, 2.24) is 0 Å². The van der Waals surface area contributed by atoms with E-state index < -0.39 is 14.6 Å². The number of Topliss-reactive ketones (excluding diaryl/α,β-unsaturated/α-hetero) is 1. The summed E-state index contributed by atoms with van der Waals surface area (Å²) in [6.07, 6.45) is 4.18. The van der Waals surface area contributed by atoms with Gasteiger partial charge >= 0.3 is 0 Å². The average Bonchev–Trinajstić information content (AvgIpc) is 2.64. The van der Waals surface area contributed by atoms with Crippen LogP contribution in [0.3, 0.4) is 0 Å².